The Morgan fingerprint density at radius 1 is 1.05 bits per heavy atom. The number of hydrogen-bond donors (Lipinski definition) is 1. The number of thiazole rings is 1. The summed E-state index contributed by atoms with van der Waals surface area (Å²) < 4.78 is 27.3. The van der Waals surface area contributed by atoms with Gasteiger partial charge in [0.25, 0.3) is 10.0 Å². The molecular weight excluding hydrogens is 336 g/mol. The van der Waals surface area contributed by atoms with Crippen LogP contribution in [0.5, 0.6) is 0 Å². The van der Waals surface area contributed by atoms with Gasteiger partial charge in [-0.1, -0.05) is 18.2 Å². The summed E-state index contributed by atoms with van der Waals surface area (Å²) in [5, 5.41) is 2.50. The fourth-order valence-corrected chi connectivity index (χ4v) is 5.63. The van der Waals surface area contributed by atoms with Crippen LogP contribution in [0.1, 0.15) is 9.75 Å². The van der Waals surface area contributed by atoms with Gasteiger partial charge < -0.3 is 0 Å². The molecule has 3 aromatic rings. The lowest BCUT2D eigenvalue weighted by Crippen LogP contribution is -2.12. The largest absolute Gasteiger partial charge is 0.263 e. The molecule has 4 rings (SSSR count). The number of aromatic nitrogens is 1. The molecule has 112 valence electrons. The molecule has 0 aliphatic heterocycles. The summed E-state index contributed by atoms with van der Waals surface area (Å²) in [5.74, 6) is 0. The minimum atomic E-state index is -3.58. The van der Waals surface area contributed by atoms with E-state index in [-0.39, 0.29) is 4.90 Å². The maximum absolute atomic E-state index is 12.4. The van der Waals surface area contributed by atoms with Crippen molar-refractivity contribution in [3.05, 3.63) is 51.5 Å². The van der Waals surface area contributed by atoms with Crippen LogP contribution in [0.4, 0.5) is 5.13 Å². The number of nitrogens with zero attached hydrogens (tertiary/aromatic N) is 1. The van der Waals surface area contributed by atoms with Gasteiger partial charge in [-0.3, -0.25) is 4.72 Å². The van der Waals surface area contributed by atoms with Crippen molar-refractivity contribution in [1.82, 2.24) is 4.98 Å². The maximum atomic E-state index is 12.4. The smallest absolute Gasteiger partial charge is 0.255 e. The zero-order valence-electron chi connectivity index (χ0n) is 11.4. The lowest BCUT2D eigenvalue weighted by Gasteiger charge is -2.08. The average Bonchev–Trinajstić information content (AvgIpc) is 3.12. The van der Waals surface area contributed by atoms with Crippen molar-refractivity contribution in [1.29, 1.82) is 0 Å². The first kappa shape index (κ1) is 13.9. The standard InChI is InChI=1S/C15H12N2O2S3/c18-22(19,10-4-2-1-3-5-10)17-15-16-14-11-8-9-20-12(11)6-7-13(14)21-15/h1-5,8-9H,6-7H2,(H,16,17). The second-order valence-electron chi connectivity index (χ2n) is 4.97. The number of benzene rings is 1. The first-order valence-electron chi connectivity index (χ1n) is 6.78. The van der Waals surface area contributed by atoms with Gasteiger partial charge in [-0.05, 0) is 36.4 Å². The molecule has 0 fully saturated rings. The molecule has 1 aromatic carbocycles. The highest BCUT2D eigenvalue weighted by atomic mass is 32.2. The van der Waals surface area contributed by atoms with Gasteiger partial charge in [-0.2, -0.15) is 0 Å². The maximum Gasteiger partial charge on any atom is 0.263 e. The SMILES string of the molecule is O=S(=O)(Nc1nc2c(s1)CCc1sccc1-2)c1ccccc1. The van der Waals surface area contributed by atoms with E-state index in [4.69, 9.17) is 0 Å². The van der Waals surface area contributed by atoms with E-state index in [1.54, 1.807) is 41.7 Å². The molecule has 22 heavy (non-hydrogen) atoms. The number of aryl methyl sites for hydroxylation is 2. The third kappa shape index (κ3) is 2.35. The van der Waals surface area contributed by atoms with Crippen LogP contribution < -0.4 is 4.72 Å². The molecule has 0 radical (unpaired) electrons. The minimum Gasteiger partial charge on any atom is -0.255 e. The number of nitrogens with one attached hydrogen (secondary N) is 1. The average molecular weight is 348 g/mol. The van der Waals surface area contributed by atoms with Crippen molar-refractivity contribution < 1.29 is 8.42 Å². The van der Waals surface area contributed by atoms with E-state index in [1.807, 2.05) is 0 Å². The Hall–Kier alpha value is -1.70. The van der Waals surface area contributed by atoms with Crippen molar-refractivity contribution in [3.63, 3.8) is 0 Å². The lowest BCUT2D eigenvalue weighted by molar-refractivity contribution is 0.601. The van der Waals surface area contributed by atoms with Crippen molar-refractivity contribution >= 4 is 37.8 Å². The van der Waals surface area contributed by atoms with Gasteiger partial charge in [-0.15, -0.1) is 22.7 Å². The highest BCUT2D eigenvalue weighted by Crippen LogP contribution is 2.40. The van der Waals surface area contributed by atoms with Gasteiger partial charge in [0, 0.05) is 15.3 Å². The zero-order chi connectivity index (χ0) is 15.2. The Bertz CT molecular complexity index is 927. The summed E-state index contributed by atoms with van der Waals surface area (Å²) >= 11 is 3.16. The minimum absolute atomic E-state index is 0.249. The molecular formula is C15H12N2O2S3. The molecule has 0 unspecified atom stereocenters. The molecule has 1 aliphatic rings. The molecule has 4 nitrogen and oxygen atoms in total. The molecule has 1 aliphatic carbocycles. The van der Waals surface area contributed by atoms with Crippen LogP contribution in [-0.2, 0) is 22.9 Å². The van der Waals surface area contributed by atoms with Gasteiger partial charge in [0.1, 0.15) is 0 Å². The Kier molecular flexibility index (Phi) is 3.28. The Labute approximate surface area is 136 Å². The van der Waals surface area contributed by atoms with E-state index < -0.39 is 10.0 Å². The number of thiophene rings is 1. The molecule has 0 saturated heterocycles. The third-order valence-corrected chi connectivity index (χ3v) is 7.05. The highest BCUT2D eigenvalue weighted by molar-refractivity contribution is 7.93. The van der Waals surface area contributed by atoms with Crippen molar-refractivity contribution in [2.24, 2.45) is 0 Å². The first-order valence-corrected chi connectivity index (χ1v) is 9.96. The second-order valence-corrected chi connectivity index (χ2v) is 8.73. The molecule has 1 N–H and O–H groups in total. The number of sulfonamides is 1. The number of hydrogen-bond acceptors (Lipinski definition) is 5. The summed E-state index contributed by atoms with van der Waals surface area (Å²) in [4.78, 5) is 7.24. The van der Waals surface area contributed by atoms with Crippen molar-refractivity contribution in [2.75, 3.05) is 4.72 Å². The topological polar surface area (TPSA) is 59.1 Å². The van der Waals surface area contributed by atoms with E-state index in [9.17, 15) is 8.42 Å². The first-order chi connectivity index (χ1) is 10.6. The van der Waals surface area contributed by atoms with Gasteiger partial charge in [0.05, 0.1) is 10.6 Å². The van der Waals surface area contributed by atoms with E-state index in [1.165, 1.54) is 16.2 Å². The Morgan fingerprint density at radius 3 is 2.64 bits per heavy atom. The predicted molar refractivity (Wildman–Crippen MR) is 90.1 cm³/mol. The molecule has 2 aromatic heterocycles. The van der Waals surface area contributed by atoms with Gasteiger partial charge in [-0.25, -0.2) is 13.4 Å². The second kappa shape index (κ2) is 5.19. The highest BCUT2D eigenvalue weighted by Gasteiger charge is 2.23. The summed E-state index contributed by atoms with van der Waals surface area (Å²) in [5.41, 5.74) is 2.07. The van der Waals surface area contributed by atoms with Crippen LogP contribution in [0, 0.1) is 0 Å². The lowest BCUT2D eigenvalue weighted by atomic mass is 10.0. The van der Waals surface area contributed by atoms with Crippen LogP contribution in [0.25, 0.3) is 11.3 Å². The molecule has 0 amide bonds. The monoisotopic (exact) mass is 348 g/mol. The predicted octanol–water partition coefficient (Wildman–Crippen LogP) is 3.77. The molecule has 0 bridgehead atoms. The fraction of sp³-hybridized carbons (Fsp3) is 0.133. The van der Waals surface area contributed by atoms with E-state index in [0.29, 0.717) is 5.13 Å². The molecule has 0 spiro atoms. The van der Waals surface area contributed by atoms with Gasteiger partial charge in [0.2, 0.25) is 0 Å². The van der Waals surface area contributed by atoms with Crippen LogP contribution in [-0.4, -0.2) is 13.4 Å². The van der Waals surface area contributed by atoms with Crippen LogP contribution in [0.2, 0.25) is 0 Å². The van der Waals surface area contributed by atoms with Gasteiger partial charge in [0.15, 0.2) is 5.13 Å². The quantitative estimate of drug-likeness (QED) is 0.784. The van der Waals surface area contributed by atoms with E-state index in [2.05, 4.69) is 21.2 Å². The summed E-state index contributed by atoms with van der Waals surface area (Å²) in [7, 11) is -3.58. The Morgan fingerprint density at radius 2 is 1.82 bits per heavy atom. The number of rotatable bonds is 3. The van der Waals surface area contributed by atoms with Crippen LogP contribution >= 0.6 is 22.7 Å². The fourth-order valence-electron chi connectivity index (χ4n) is 2.52. The molecule has 0 atom stereocenters. The van der Waals surface area contributed by atoms with E-state index >= 15 is 0 Å². The third-order valence-electron chi connectivity index (χ3n) is 3.55. The van der Waals surface area contributed by atoms with Crippen LogP contribution in [0.15, 0.2) is 46.7 Å². The summed E-state index contributed by atoms with van der Waals surface area (Å²) in [6.45, 7) is 0. The van der Waals surface area contributed by atoms with Crippen molar-refractivity contribution in [3.8, 4) is 11.3 Å². The van der Waals surface area contributed by atoms with Crippen LogP contribution in [0.3, 0.4) is 0 Å². The number of fused-ring (bicyclic) bond motifs is 3. The molecule has 0 saturated carbocycles. The normalized spacial score (nSPS) is 13.5. The van der Waals surface area contributed by atoms with Gasteiger partial charge >= 0.3 is 0 Å². The number of anilines is 1. The summed E-state index contributed by atoms with van der Waals surface area (Å²) in [6, 6.07) is 10.4. The zero-order valence-corrected chi connectivity index (χ0v) is 13.9. The van der Waals surface area contributed by atoms with Crippen molar-refractivity contribution in [2.45, 2.75) is 17.7 Å². The molecule has 7 heteroatoms. The van der Waals surface area contributed by atoms with E-state index in [0.717, 1.165) is 29.0 Å². The molecule has 2 heterocycles. The Balaban J connectivity index is 1.69. The summed E-state index contributed by atoms with van der Waals surface area (Å²) in [6.07, 6.45) is 1.93.